The first-order valence-electron chi connectivity index (χ1n) is 24.2. The zero-order valence-electron chi connectivity index (χ0n) is 42.5. The number of aliphatic hydroxyl groups excluding tert-OH is 2. The molecule has 0 radical (unpaired) electrons. The molecule has 0 bridgehead atoms. The number of nitrogens with zero attached hydrogens (tertiary/aromatic N) is 4. The molecule has 0 aliphatic carbocycles. The Morgan fingerprint density at radius 2 is 1.63 bits per heavy atom. The number of carbonyl (C=O) groups excluding carboxylic acids is 3. The summed E-state index contributed by atoms with van der Waals surface area (Å²) in [4.78, 5) is 54.9. The fraction of sp³-hybridized carbons (Fsp3) is 0.816. The van der Waals surface area contributed by atoms with Crippen molar-refractivity contribution in [2.45, 2.75) is 185 Å². The van der Waals surface area contributed by atoms with Gasteiger partial charge in [-0.05, 0) is 87.0 Å². The smallest absolute Gasteiger partial charge is 0.320 e. The van der Waals surface area contributed by atoms with E-state index in [0.29, 0.717) is 17.8 Å². The van der Waals surface area contributed by atoms with Crippen LogP contribution < -0.4 is 0 Å². The van der Waals surface area contributed by atoms with Crippen LogP contribution >= 0.6 is 11.8 Å². The van der Waals surface area contributed by atoms with Crippen LogP contribution in [-0.2, 0) is 63.7 Å². The number of hydrogen-bond acceptors (Lipinski definition) is 18. The molecule has 0 amide bonds. The van der Waals surface area contributed by atoms with Gasteiger partial charge in [0.25, 0.3) is 0 Å². The normalized spacial score (nSPS) is 42.2. The lowest BCUT2D eigenvalue weighted by molar-refractivity contribution is -0.319. The number of imidazole rings is 1. The van der Waals surface area contributed by atoms with Crippen LogP contribution in [0.15, 0.2) is 24.7 Å². The number of methoxy groups -OCH3 is 2. The highest BCUT2D eigenvalue weighted by atomic mass is 32.2. The Kier molecular flexibility index (Phi) is 17.9. The summed E-state index contributed by atoms with van der Waals surface area (Å²) in [6.07, 6.45) is -3.57. The number of cyclic esters (lactones) is 1. The number of likely N-dealkylation sites (N-methyl/N-ethyl adjacent to an activating group) is 1. The Morgan fingerprint density at radius 3 is 2.29 bits per heavy atom. The van der Waals surface area contributed by atoms with E-state index >= 15 is 4.79 Å². The molecule has 4 aliphatic heterocycles. The number of fused-ring (bicyclic) bond motifs is 2. The number of aliphatic hydroxyl groups is 2. The molecule has 18 nitrogen and oxygen atoms in total. The lowest BCUT2D eigenvalue weighted by atomic mass is 9.70. The molecule has 4 aliphatic rings. The highest BCUT2D eigenvalue weighted by Crippen LogP contribution is 2.49. The van der Waals surface area contributed by atoms with E-state index in [9.17, 15) is 19.8 Å². The van der Waals surface area contributed by atoms with Crippen molar-refractivity contribution in [1.29, 1.82) is 0 Å². The largest absolute Gasteiger partial charge is 0.458 e. The maximum Gasteiger partial charge on any atom is 0.320 e. The zero-order chi connectivity index (χ0) is 50.0. The minimum absolute atomic E-state index is 0.123. The van der Waals surface area contributed by atoms with Gasteiger partial charge in [-0.2, -0.15) is 0 Å². The molecule has 2 aromatic rings. The molecule has 0 aromatic carbocycles. The number of Topliss-reactive ketones (excluding diaryl/α,β-unsaturated/α-hetero) is 1. The third-order valence-corrected chi connectivity index (χ3v) is 16.6. The molecule has 2 aromatic heterocycles. The third-order valence-electron chi connectivity index (χ3n) is 15.4. The Morgan fingerprint density at radius 1 is 0.926 bits per heavy atom. The maximum atomic E-state index is 15.1. The van der Waals surface area contributed by atoms with Crippen LogP contribution in [0.2, 0.25) is 0 Å². The van der Waals surface area contributed by atoms with E-state index in [0.717, 1.165) is 5.52 Å². The standard InChI is InChI=1S/C49H78N4O14S/c1-15-34-49(10)36(40(45(58)67-49)68-20-19-61-25-53-24-51-32-17-16-18-50-43(32)53)28(4)37(54)26(2)22-48(9,60-14)42(66-46-38(55)33(52(11)12)21-27(3)62-46)29(5)39(30(6)44(57)64-34)65-35-23-47(8,59-13)41(56)31(7)63-35/h16-18,24,26-31,33-36,38-42,46,55-56H,15,19-23,25H2,1-14H3/t26-,27-,28+,29+,30-,31-,33+,34-,35+,36?,38-,39+,40?,41+,42-,46+,47-,48-,49-/m1/s1. The topological polar surface area (TPSA) is 209 Å². The average Bonchev–Trinajstić information content (AvgIpc) is 3.83. The fourth-order valence-electron chi connectivity index (χ4n) is 11.3. The number of thioether (sulfide) groups is 1. The molecule has 19 heteroatoms. The zero-order valence-corrected chi connectivity index (χ0v) is 43.3. The predicted octanol–water partition coefficient (Wildman–Crippen LogP) is 4.78. The number of ketones is 1. The van der Waals surface area contributed by atoms with Crippen LogP contribution in [0.3, 0.4) is 0 Å². The highest BCUT2D eigenvalue weighted by molar-refractivity contribution is 8.00. The number of rotatable bonds is 14. The van der Waals surface area contributed by atoms with Crippen molar-refractivity contribution in [3.63, 3.8) is 0 Å². The summed E-state index contributed by atoms with van der Waals surface area (Å²) >= 11 is 1.35. The number of carbonyl (C=O) groups is 3. The van der Waals surface area contributed by atoms with Crippen molar-refractivity contribution >= 4 is 40.6 Å². The molecule has 2 unspecified atom stereocenters. The van der Waals surface area contributed by atoms with E-state index in [2.05, 4.69) is 9.97 Å². The molecular weight excluding hydrogens is 901 g/mol. The van der Waals surface area contributed by atoms with Gasteiger partial charge in [-0.1, -0.05) is 27.7 Å². The van der Waals surface area contributed by atoms with Crippen LogP contribution in [0.5, 0.6) is 0 Å². The van der Waals surface area contributed by atoms with E-state index < -0.39 is 113 Å². The summed E-state index contributed by atoms with van der Waals surface area (Å²) in [6.45, 7) is 18.7. The minimum atomic E-state index is -1.40. The number of hydrogen-bond donors (Lipinski definition) is 2. The minimum Gasteiger partial charge on any atom is -0.458 e. The van der Waals surface area contributed by atoms with Crippen LogP contribution in [-0.4, -0.2) is 171 Å². The third kappa shape index (κ3) is 11.1. The molecule has 4 saturated heterocycles. The molecule has 0 spiro atoms. The maximum absolute atomic E-state index is 15.1. The van der Waals surface area contributed by atoms with Crippen LogP contribution in [0.25, 0.3) is 11.2 Å². The summed E-state index contributed by atoms with van der Waals surface area (Å²) < 4.78 is 59.5. The first-order chi connectivity index (χ1) is 32.0. The van der Waals surface area contributed by atoms with Gasteiger partial charge in [-0.25, -0.2) is 9.97 Å². The summed E-state index contributed by atoms with van der Waals surface area (Å²) in [5.74, 6) is -4.71. The first kappa shape index (κ1) is 54.5. The molecule has 68 heavy (non-hydrogen) atoms. The number of pyridine rings is 1. The van der Waals surface area contributed by atoms with Crippen molar-refractivity contribution in [3.05, 3.63) is 24.7 Å². The molecule has 19 atom stereocenters. The molecule has 0 saturated carbocycles. The summed E-state index contributed by atoms with van der Waals surface area (Å²) in [5, 5.41) is 22.1. The number of ether oxygens (including phenoxy) is 9. The quantitative estimate of drug-likeness (QED) is 0.193. The Bertz CT molecular complexity index is 2030. The highest BCUT2D eigenvalue weighted by Gasteiger charge is 2.62. The molecule has 4 fully saturated rings. The molecular formula is C49H78N4O14S. The number of esters is 2. The van der Waals surface area contributed by atoms with Gasteiger partial charge in [0, 0.05) is 62.3 Å². The molecule has 6 rings (SSSR count). The van der Waals surface area contributed by atoms with Gasteiger partial charge in [0.15, 0.2) is 23.8 Å². The fourth-order valence-corrected chi connectivity index (χ4v) is 12.7. The number of aromatic nitrogens is 3. The van der Waals surface area contributed by atoms with Gasteiger partial charge < -0.3 is 57.7 Å². The SMILES string of the molecule is CC[C@H]1OC(=O)[C@H](C)[C@@H](O[C@H]2C[C@@](C)(OC)[C@@H](O)[C@@H](C)O2)[C@H](C)[C@@H](O[C@@H]2O[C@H](C)C[C@H](N(C)C)[C@H]2O)[C@](C)(OC)C[C@@H](C)C(=O)[C@@H](C)C2C(SCCOCn3cnc4cccnc43)C(=O)O[C@@]21C. The summed E-state index contributed by atoms with van der Waals surface area (Å²) in [7, 11) is 6.86. The van der Waals surface area contributed by atoms with Gasteiger partial charge >= 0.3 is 11.9 Å². The second-order valence-corrected chi connectivity index (χ2v) is 21.7. The average molecular weight is 979 g/mol. The second kappa shape index (κ2) is 22.3. The summed E-state index contributed by atoms with van der Waals surface area (Å²) in [5.41, 5.74) is -2.27. The van der Waals surface area contributed by atoms with Gasteiger partial charge in [-0.15, -0.1) is 11.8 Å². The second-order valence-electron chi connectivity index (χ2n) is 20.5. The predicted molar refractivity (Wildman–Crippen MR) is 252 cm³/mol. The van der Waals surface area contributed by atoms with E-state index in [1.807, 2.05) is 72.7 Å². The lowest BCUT2D eigenvalue weighted by Crippen LogP contribution is -2.61. The summed E-state index contributed by atoms with van der Waals surface area (Å²) in [6, 6.07) is 3.39. The van der Waals surface area contributed by atoms with Crippen molar-refractivity contribution in [1.82, 2.24) is 19.4 Å². The van der Waals surface area contributed by atoms with Crippen LogP contribution in [0.1, 0.15) is 94.9 Å². The molecule has 6 heterocycles. The van der Waals surface area contributed by atoms with E-state index in [-0.39, 0.29) is 50.5 Å². The van der Waals surface area contributed by atoms with Crippen molar-refractivity contribution in [2.24, 2.45) is 29.6 Å². The monoisotopic (exact) mass is 979 g/mol. The first-order valence-corrected chi connectivity index (χ1v) is 25.3. The van der Waals surface area contributed by atoms with Gasteiger partial charge in [-0.3, -0.25) is 19.0 Å². The Labute approximate surface area is 406 Å². The van der Waals surface area contributed by atoms with E-state index in [4.69, 9.17) is 42.6 Å². The van der Waals surface area contributed by atoms with Crippen LogP contribution in [0, 0.1) is 29.6 Å². The van der Waals surface area contributed by atoms with Gasteiger partial charge in [0.2, 0.25) is 0 Å². The van der Waals surface area contributed by atoms with Crippen molar-refractivity contribution in [3.8, 4) is 0 Å². The van der Waals surface area contributed by atoms with Gasteiger partial charge in [0.1, 0.15) is 41.6 Å². The van der Waals surface area contributed by atoms with Crippen LogP contribution in [0.4, 0.5) is 0 Å². The van der Waals surface area contributed by atoms with E-state index in [1.54, 1.807) is 51.9 Å². The Balaban J connectivity index is 1.37. The molecule has 2 N–H and O–H groups in total. The van der Waals surface area contributed by atoms with Gasteiger partial charge in [0.05, 0.1) is 54.5 Å². The Hall–Kier alpha value is -2.82. The molecule has 384 valence electrons. The van der Waals surface area contributed by atoms with E-state index in [1.165, 1.54) is 18.9 Å². The lowest BCUT2D eigenvalue weighted by Gasteiger charge is -2.50. The van der Waals surface area contributed by atoms with Crippen molar-refractivity contribution < 1.29 is 67.2 Å². The van der Waals surface area contributed by atoms with Crippen molar-refractivity contribution in [2.75, 3.05) is 40.7 Å².